The topological polar surface area (TPSA) is 75.3 Å². The maximum atomic E-state index is 13.3. The first kappa shape index (κ1) is 20.7. The van der Waals surface area contributed by atoms with Gasteiger partial charge in [0.05, 0.1) is 0 Å². The smallest absolute Gasteiger partial charge is 0.457 e. The van der Waals surface area contributed by atoms with Crippen molar-refractivity contribution in [3.8, 4) is 23.1 Å². The maximum Gasteiger partial charge on any atom is 0.573 e. The predicted molar refractivity (Wildman–Crippen MR) is 99.4 cm³/mol. The molecule has 1 amide bonds. The van der Waals surface area contributed by atoms with Crippen LogP contribution in [-0.2, 0) is 4.79 Å². The second-order valence-electron chi connectivity index (χ2n) is 5.91. The van der Waals surface area contributed by atoms with Gasteiger partial charge in [0.2, 0.25) is 0 Å². The van der Waals surface area contributed by atoms with Crippen molar-refractivity contribution < 1.29 is 31.5 Å². The Morgan fingerprint density at radius 2 is 1.83 bits per heavy atom. The summed E-state index contributed by atoms with van der Waals surface area (Å²) in [5, 5.41) is 11.6. The molecule has 1 heterocycles. The average molecular weight is 416 g/mol. The molecular formula is C21H12F4N2O3. The SMILES string of the molecule is N#C/C(=C\c1ccc(-c2cccc(F)c2)o1)C(=O)Nc1ccc(OC(F)(F)F)cc1. The Kier molecular flexibility index (Phi) is 5.88. The van der Waals surface area contributed by atoms with E-state index >= 15 is 0 Å². The van der Waals surface area contributed by atoms with E-state index in [-0.39, 0.29) is 17.0 Å². The van der Waals surface area contributed by atoms with Crippen LogP contribution in [0.25, 0.3) is 17.4 Å². The van der Waals surface area contributed by atoms with Gasteiger partial charge < -0.3 is 14.5 Å². The summed E-state index contributed by atoms with van der Waals surface area (Å²) in [4.78, 5) is 12.3. The summed E-state index contributed by atoms with van der Waals surface area (Å²) in [5.74, 6) is -1.14. The molecule has 0 aliphatic heterocycles. The predicted octanol–water partition coefficient (Wildman–Crippen LogP) is 5.53. The van der Waals surface area contributed by atoms with Crippen LogP contribution in [0, 0.1) is 17.1 Å². The largest absolute Gasteiger partial charge is 0.573 e. The lowest BCUT2D eigenvalue weighted by molar-refractivity contribution is -0.274. The van der Waals surface area contributed by atoms with Crippen LogP contribution >= 0.6 is 0 Å². The van der Waals surface area contributed by atoms with Gasteiger partial charge in [-0.05, 0) is 48.5 Å². The van der Waals surface area contributed by atoms with Gasteiger partial charge in [-0.2, -0.15) is 5.26 Å². The number of halogens is 4. The number of anilines is 1. The van der Waals surface area contributed by atoms with Gasteiger partial charge in [0, 0.05) is 17.3 Å². The van der Waals surface area contributed by atoms with Crippen LogP contribution in [0.4, 0.5) is 23.2 Å². The van der Waals surface area contributed by atoms with Gasteiger partial charge >= 0.3 is 6.36 Å². The first-order valence-corrected chi connectivity index (χ1v) is 8.38. The third-order valence-electron chi connectivity index (χ3n) is 3.73. The molecule has 2 aromatic carbocycles. The van der Waals surface area contributed by atoms with Crippen molar-refractivity contribution in [2.75, 3.05) is 5.32 Å². The number of carbonyl (C=O) groups is 1. The fraction of sp³-hybridized carbons (Fsp3) is 0.0476. The number of hydrogen-bond acceptors (Lipinski definition) is 4. The molecule has 0 radical (unpaired) electrons. The molecule has 152 valence electrons. The molecule has 5 nitrogen and oxygen atoms in total. The quantitative estimate of drug-likeness (QED) is 0.337. The fourth-order valence-corrected chi connectivity index (χ4v) is 2.46. The van der Waals surface area contributed by atoms with E-state index in [0.29, 0.717) is 11.3 Å². The number of hydrogen-bond donors (Lipinski definition) is 1. The molecule has 0 saturated heterocycles. The summed E-state index contributed by atoms with van der Waals surface area (Å²) in [6.45, 7) is 0. The van der Waals surface area contributed by atoms with Crippen molar-refractivity contribution in [3.63, 3.8) is 0 Å². The van der Waals surface area contributed by atoms with E-state index < -0.39 is 23.8 Å². The molecule has 0 unspecified atom stereocenters. The average Bonchev–Trinajstić information content (AvgIpc) is 3.15. The molecule has 0 bridgehead atoms. The van der Waals surface area contributed by atoms with Crippen LogP contribution < -0.4 is 10.1 Å². The highest BCUT2D eigenvalue weighted by molar-refractivity contribution is 6.09. The van der Waals surface area contributed by atoms with Gasteiger partial charge in [0.1, 0.15) is 34.7 Å². The van der Waals surface area contributed by atoms with E-state index in [4.69, 9.17) is 4.42 Å². The molecule has 0 atom stereocenters. The first-order chi connectivity index (χ1) is 14.2. The van der Waals surface area contributed by atoms with E-state index in [1.54, 1.807) is 18.2 Å². The molecule has 0 aliphatic carbocycles. The van der Waals surface area contributed by atoms with Crippen molar-refractivity contribution in [1.29, 1.82) is 5.26 Å². The molecular weight excluding hydrogens is 404 g/mol. The molecule has 0 aliphatic rings. The van der Waals surface area contributed by atoms with Crippen molar-refractivity contribution >= 4 is 17.7 Å². The lowest BCUT2D eigenvalue weighted by Gasteiger charge is -2.09. The van der Waals surface area contributed by atoms with E-state index in [1.165, 1.54) is 42.5 Å². The van der Waals surface area contributed by atoms with E-state index in [2.05, 4.69) is 10.1 Å². The number of rotatable bonds is 5. The Morgan fingerprint density at radius 1 is 1.10 bits per heavy atom. The van der Waals surface area contributed by atoms with Crippen molar-refractivity contribution in [3.05, 3.63) is 77.8 Å². The third kappa shape index (κ3) is 5.48. The fourth-order valence-electron chi connectivity index (χ4n) is 2.46. The van der Waals surface area contributed by atoms with Gasteiger partial charge in [-0.1, -0.05) is 12.1 Å². The lowest BCUT2D eigenvalue weighted by Crippen LogP contribution is -2.17. The summed E-state index contributed by atoms with van der Waals surface area (Å²) < 4.78 is 59.1. The summed E-state index contributed by atoms with van der Waals surface area (Å²) in [7, 11) is 0. The summed E-state index contributed by atoms with van der Waals surface area (Å²) in [5.41, 5.74) is 0.347. The molecule has 0 saturated carbocycles. The molecule has 30 heavy (non-hydrogen) atoms. The van der Waals surface area contributed by atoms with Crippen LogP contribution in [-0.4, -0.2) is 12.3 Å². The Labute approximate surface area is 167 Å². The molecule has 0 spiro atoms. The summed E-state index contributed by atoms with van der Waals surface area (Å²) >= 11 is 0. The van der Waals surface area contributed by atoms with Gasteiger partial charge in [0.15, 0.2) is 0 Å². The van der Waals surface area contributed by atoms with E-state index in [9.17, 15) is 27.6 Å². The van der Waals surface area contributed by atoms with Crippen molar-refractivity contribution in [1.82, 2.24) is 0 Å². The summed E-state index contributed by atoms with van der Waals surface area (Å²) in [6.07, 6.45) is -3.63. The third-order valence-corrected chi connectivity index (χ3v) is 3.73. The van der Waals surface area contributed by atoms with Crippen molar-refractivity contribution in [2.45, 2.75) is 6.36 Å². The summed E-state index contributed by atoms with van der Waals surface area (Å²) in [6, 6.07) is 15.0. The number of alkyl halides is 3. The minimum absolute atomic E-state index is 0.163. The Bertz CT molecular complexity index is 1130. The number of nitrogens with zero attached hydrogens (tertiary/aromatic N) is 1. The Hall–Kier alpha value is -4.06. The van der Waals surface area contributed by atoms with Gasteiger partial charge in [-0.15, -0.1) is 13.2 Å². The number of carbonyl (C=O) groups excluding carboxylic acids is 1. The number of amides is 1. The zero-order valence-electron chi connectivity index (χ0n) is 15.0. The van der Waals surface area contributed by atoms with Gasteiger partial charge in [0.25, 0.3) is 5.91 Å². The van der Waals surface area contributed by atoms with Gasteiger partial charge in [-0.25, -0.2) is 4.39 Å². The molecule has 1 N–H and O–H groups in total. The number of benzene rings is 2. The molecule has 9 heteroatoms. The molecule has 3 rings (SSSR count). The van der Waals surface area contributed by atoms with Crippen LogP contribution in [0.5, 0.6) is 5.75 Å². The molecule has 0 fully saturated rings. The monoisotopic (exact) mass is 416 g/mol. The van der Waals surface area contributed by atoms with Crippen LogP contribution in [0.1, 0.15) is 5.76 Å². The molecule has 3 aromatic rings. The normalized spacial score (nSPS) is 11.6. The first-order valence-electron chi connectivity index (χ1n) is 8.38. The van der Waals surface area contributed by atoms with E-state index in [0.717, 1.165) is 12.1 Å². The highest BCUT2D eigenvalue weighted by Crippen LogP contribution is 2.25. The second kappa shape index (κ2) is 8.53. The Balaban J connectivity index is 1.72. The standard InChI is InChI=1S/C21H12F4N2O3/c22-15-3-1-2-13(10-15)19-9-8-18(29-19)11-14(12-26)20(28)27-16-4-6-17(7-5-16)30-21(23,24)25/h1-11H,(H,27,28)/b14-11+. The van der Waals surface area contributed by atoms with Crippen LogP contribution in [0.2, 0.25) is 0 Å². The van der Waals surface area contributed by atoms with Crippen LogP contribution in [0.15, 0.2) is 70.7 Å². The number of ether oxygens (including phenoxy) is 1. The highest BCUT2D eigenvalue weighted by Gasteiger charge is 2.31. The van der Waals surface area contributed by atoms with Crippen molar-refractivity contribution in [2.24, 2.45) is 0 Å². The zero-order chi connectivity index (χ0) is 21.7. The number of nitriles is 1. The highest BCUT2D eigenvalue weighted by atomic mass is 19.4. The molecule has 1 aromatic heterocycles. The Morgan fingerprint density at radius 3 is 2.47 bits per heavy atom. The zero-order valence-corrected chi connectivity index (χ0v) is 15.0. The van der Waals surface area contributed by atoms with E-state index in [1.807, 2.05) is 0 Å². The maximum absolute atomic E-state index is 13.3. The second-order valence-corrected chi connectivity index (χ2v) is 5.91. The van der Waals surface area contributed by atoms with Crippen LogP contribution in [0.3, 0.4) is 0 Å². The lowest BCUT2D eigenvalue weighted by atomic mass is 10.2. The number of nitrogens with one attached hydrogen (secondary N) is 1. The van der Waals surface area contributed by atoms with Gasteiger partial charge in [-0.3, -0.25) is 4.79 Å². The number of furan rings is 1. The minimum atomic E-state index is -4.82. The minimum Gasteiger partial charge on any atom is -0.457 e.